The normalized spacial score (nSPS) is 23.7. The zero-order valence-electron chi connectivity index (χ0n) is 8.97. The fourth-order valence-electron chi connectivity index (χ4n) is 1.59. The lowest BCUT2D eigenvalue weighted by molar-refractivity contribution is -0.125. The van der Waals surface area contributed by atoms with Gasteiger partial charge in [-0.2, -0.15) is 0 Å². The van der Waals surface area contributed by atoms with Crippen molar-refractivity contribution in [3.63, 3.8) is 0 Å². The monoisotopic (exact) mass is 183 g/mol. The molecule has 1 saturated carbocycles. The van der Waals surface area contributed by atoms with E-state index >= 15 is 0 Å². The van der Waals surface area contributed by atoms with E-state index in [4.69, 9.17) is 5.73 Å². The minimum absolute atomic E-state index is 0.254. The molecular weight excluding hydrogens is 162 g/mol. The average molecular weight is 183 g/mol. The van der Waals surface area contributed by atoms with Crippen LogP contribution in [0.1, 0.15) is 46.5 Å². The van der Waals surface area contributed by atoms with Crippen LogP contribution in [0.2, 0.25) is 0 Å². The molecule has 1 rings (SSSR count). The Labute approximate surface area is 80.9 Å². The highest BCUT2D eigenvalue weighted by molar-refractivity contribution is 5.88. The lowest BCUT2D eigenvalue weighted by atomic mass is 9.86. The van der Waals surface area contributed by atoms with Gasteiger partial charge in [-0.05, 0) is 31.6 Å². The number of carbonyl (C=O) groups excluding carboxylic acids is 1. The second kappa shape index (κ2) is 3.79. The summed E-state index contributed by atoms with van der Waals surface area (Å²) in [6.07, 6.45) is 3.99. The molecule has 0 aromatic rings. The van der Waals surface area contributed by atoms with Crippen molar-refractivity contribution in [1.82, 2.24) is 0 Å². The molecule has 0 amide bonds. The Hall–Kier alpha value is -0.370. The Morgan fingerprint density at radius 1 is 1.62 bits per heavy atom. The Morgan fingerprint density at radius 3 is 2.54 bits per heavy atom. The minimum atomic E-state index is -0.538. The number of rotatable bonds is 5. The quantitative estimate of drug-likeness (QED) is 0.709. The summed E-state index contributed by atoms with van der Waals surface area (Å²) < 4.78 is 0. The van der Waals surface area contributed by atoms with E-state index in [-0.39, 0.29) is 5.78 Å². The molecule has 76 valence electrons. The molecule has 0 bridgehead atoms. The molecular formula is C11H21NO. The third-order valence-electron chi connectivity index (χ3n) is 3.26. The minimum Gasteiger partial charge on any atom is -0.319 e. The smallest absolute Gasteiger partial charge is 0.152 e. The topological polar surface area (TPSA) is 43.1 Å². The van der Waals surface area contributed by atoms with Gasteiger partial charge in [0.2, 0.25) is 0 Å². The molecule has 0 spiro atoms. The van der Waals surface area contributed by atoms with Crippen molar-refractivity contribution in [3.8, 4) is 0 Å². The Bertz CT molecular complexity index is 194. The SMILES string of the molecule is CCC(C)CC(=O)C(C)(N)C1CC1. The van der Waals surface area contributed by atoms with Gasteiger partial charge in [-0.1, -0.05) is 20.3 Å². The molecule has 0 radical (unpaired) electrons. The molecule has 1 fully saturated rings. The maximum absolute atomic E-state index is 11.8. The predicted molar refractivity (Wildman–Crippen MR) is 54.4 cm³/mol. The van der Waals surface area contributed by atoms with Crippen molar-refractivity contribution in [1.29, 1.82) is 0 Å². The van der Waals surface area contributed by atoms with Crippen molar-refractivity contribution < 1.29 is 4.79 Å². The van der Waals surface area contributed by atoms with Gasteiger partial charge in [0.05, 0.1) is 5.54 Å². The molecule has 1 aliphatic carbocycles. The predicted octanol–water partition coefficient (Wildman–Crippen LogP) is 2.12. The molecule has 0 aromatic carbocycles. The number of hydrogen-bond donors (Lipinski definition) is 1. The molecule has 13 heavy (non-hydrogen) atoms. The maximum atomic E-state index is 11.8. The summed E-state index contributed by atoms with van der Waals surface area (Å²) in [5.41, 5.74) is 5.48. The highest BCUT2D eigenvalue weighted by atomic mass is 16.1. The average Bonchev–Trinajstić information content (AvgIpc) is 2.86. The summed E-state index contributed by atoms with van der Waals surface area (Å²) in [6, 6.07) is 0. The summed E-state index contributed by atoms with van der Waals surface area (Å²) in [7, 11) is 0. The van der Waals surface area contributed by atoms with Gasteiger partial charge >= 0.3 is 0 Å². The molecule has 2 unspecified atom stereocenters. The fraction of sp³-hybridized carbons (Fsp3) is 0.909. The van der Waals surface area contributed by atoms with E-state index < -0.39 is 5.54 Å². The van der Waals surface area contributed by atoms with Crippen LogP contribution in [-0.2, 0) is 4.79 Å². The van der Waals surface area contributed by atoms with E-state index in [1.165, 1.54) is 0 Å². The number of Topliss-reactive ketones (excluding diaryl/α,β-unsaturated/α-hetero) is 1. The third kappa shape index (κ3) is 2.53. The van der Waals surface area contributed by atoms with Gasteiger partial charge in [-0.25, -0.2) is 0 Å². The molecule has 2 atom stereocenters. The standard InChI is InChI=1S/C11H21NO/c1-4-8(2)7-10(13)11(3,12)9-5-6-9/h8-9H,4-7,12H2,1-3H3. The van der Waals surface area contributed by atoms with Gasteiger partial charge in [0.25, 0.3) is 0 Å². The van der Waals surface area contributed by atoms with E-state index in [0.717, 1.165) is 19.3 Å². The third-order valence-corrected chi connectivity index (χ3v) is 3.26. The molecule has 0 aliphatic heterocycles. The van der Waals surface area contributed by atoms with Crippen molar-refractivity contribution in [2.24, 2.45) is 17.6 Å². The van der Waals surface area contributed by atoms with Gasteiger partial charge in [0, 0.05) is 6.42 Å². The second-order valence-electron chi connectivity index (χ2n) is 4.70. The summed E-state index contributed by atoms with van der Waals surface area (Å²) in [4.78, 5) is 11.8. The highest BCUT2D eigenvalue weighted by Gasteiger charge is 2.43. The Balaban J connectivity index is 2.45. The van der Waals surface area contributed by atoms with Gasteiger partial charge in [0.1, 0.15) is 0 Å². The van der Waals surface area contributed by atoms with Gasteiger partial charge in [-0.3, -0.25) is 4.79 Å². The van der Waals surface area contributed by atoms with E-state index in [1.807, 2.05) is 6.92 Å². The van der Waals surface area contributed by atoms with Crippen molar-refractivity contribution in [2.45, 2.75) is 52.0 Å². The van der Waals surface area contributed by atoms with Crippen LogP contribution in [0.4, 0.5) is 0 Å². The van der Waals surface area contributed by atoms with Crippen LogP contribution in [0.15, 0.2) is 0 Å². The van der Waals surface area contributed by atoms with E-state index in [0.29, 0.717) is 18.3 Å². The van der Waals surface area contributed by atoms with E-state index in [9.17, 15) is 4.79 Å². The lowest BCUT2D eigenvalue weighted by Crippen LogP contribution is -2.47. The van der Waals surface area contributed by atoms with Crippen LogP contribution in [-0.4, -0.2) is 11.3 Å². The fourth-order valence-corrected chi connectivity index (χ4v) is 1.59. The Morgan fingerprint density at radius 2 is 2.15 bits per heavy atom. The van der Waals surface area contributed by atoms with Crippen LogP contribution < -0.4 is 5.73 Å². The van der Waals surface area contributed by atoms with Crippen molar-refractivity contribution in [3.05, 3.63) is 0 Å². The number of carbonyl (C=O) groups is 1. The Kier molecular flexibility index (Phi) is 3.12. The van der Waals surface area contributed by atoms with Crippen LogP contribution in [0.25, 0.3) is 0 Å². The van der Waals surface area contributed by atoms with E-state index in [2.05, 4.69) is 13.8 Å². The molecule has 0 aromatic heterocycles. The van der Waals surface area contributed by atoms with E-state index in [1.54, 1.807) is 0 Å². The first-order chi connectivity index (χ1) is 5.98. The maximum Gasteiger partial charge on any atom is 0.152 e. The summed E-state index contributed by atoms with van der Waals surface area (Å²) >= 11 is 0. The number of nitrogens with two attached hydrogens (primary N) is 1. The summed E-state index contributed by atoms with van der Waals surface area (Å²) in [5, 5.41) is 0. The molecule has 2 heteroatoms. The molecule has 2 nitrogen and oxygen atoms in total. The first-order valence-electron chi connectivity index (χ1n) is 5.30. The first kappa shape index (κ1) is 10.7. The first-order valence-corrected chi connectivity index (χ1v) is 5.30. The van der Waals surface area contributed by atoms with Gasteiger partial charge < -0.3 is 5.73 Å². The van der Waals surface area contributed by atoms with Crippen LogP contribution in [0.3, 0.4) is 0 Å². The molecule has 1 aliphatic rings. The van der Waals surface area contributed by atoms with Crippen LogP contribution in [0, 0.1) is 11.8 Å². The zero-order chi connectivity index (χ0) is 10.1. The van der Waals surface area contributed by atoms with Crippen LogP contribution in [0.5, 0.6) is 0 Å². The zero-order valence-corrected chi connectivity index (χ0v) is 8.97. The number of hydrogen-bond acceptors (Lipinski definition) is 2. The lowest BCUT2D eigenvalue weighted by Gasteiger charge is -2.24. The second-order valence-corrected chi connectivity index (χ2v) is 4.70. The number of ketones is 1. The summed E-state index contributed by atoms with van der Waals surface area (Å²) in [6.45, 7) is 6.12. The molecule has 0 heterocycles. The van der Waals surface area contributed by atoms with Crippen molar-refractivity contribution >= 4 is 5.78 Å². The molecule has 2 N–H and O–H groups in total. The highest BCUT2D eigenvalue weighted by Crippen LogP contribution is 2.39. The van der Waals surface area contributed by atoms with Crippen LogP contribution >= 0.6 is 0 Å². The molecule has 0 saturated heterocycles. The van der Waals surface area contributed by atoms with Gasteiger partial charge in [0.15, 0.2) is 5.78 Å². The van der Waals surface area contributed by atoms with Gasteiger partial charge in [-0.15, -0.1) is 0 Å². The summed E-state index contributed by atoms with van der Waals surface area (Å²) in [5.74, 6) is 1.20. The largest absolute Gasteiger partial charge is 0.319 e. The van der Waals surface area contributed by atoms with Crippen molar-refractivity contribution in [2.75, 3.05) is 0 Å².